The van der Waals surface area contributed by atoms with Gasteiger partial charge in [-0.1, -0.05) is 41.0 Å². The van der Waals surface area contributed by atoms with Gasteiger partial charge in [-0.3, -0.25) is 4.79 Å². The second-order valence-electron chi connectivity index (χ2n) is 4.99. The minimum Gasteiger partial charge on any atom is -0.462 e. The highest BCUT2D eigenvalue weighted by molar-refractivity contribution is 5.69. The highest BCUT2D eigenvalue weighted by atomic mass is 16.5. The molecule has 0 radical (unpaired) electrons. The molecule has 0 saturated heterocycles. The van der Waals surface area contributed by atoms with Crippen LogP contribution in [0.15, 0.2) is 0 Å². The third-order valence-corrected chi connectivity index (χ3v) is 2.53. The number of hydrogen-bond donors (Lipinski definition) is 0. The maximum atomic E-state index is 11.5. The summed E-state index contributed by atoms with van der Waals surface area (Å²) in [6, 6.07) is 0. The van der Waals surface area contributed by atoms with Crippen LogP contribution >= 0.6 is 0 Å². The number of esters is 1. The Bertz CT molecular complexity index is 173. The predicted molar refractivity (Wildman–Crippen MR) is 63.7 cm³/mol. The maximum Gasteiger partial charge on any atom is 0.306 e. The first-order chi connectivity index (χ1) is 6.97. The first kappa shape index (κ1) is 14.5. The van der Waals surface area contributed by atoms with Gasteiger partial charge in [0.1, 0.15) is 6.10 Å². The second-order valence-corrected chi connectivity index (χ2v) is 4.99. The molecule has 2 heteroatoms. The van der Waals surface area contributed by atoms with Crippen molar-refractivity contribution in [3.8, 4) is 0 Å². The number of carbonyl (C=O) groups is 1. The van der Waals surface area contributed by atoms with Gasteiger partial charge in [-0.15, -0.1) is 0 Å². The van der Waals surface area contributed by atoms with Crippen LogP contribution in [0, 0.1) is 11.8 Å². The molecular formula is C13H26O2. The molecular weight excluding hydrogens is 188 g/mol. The lowest BCUT2D eigenvalue weighted by molar-refractivity contribution is -0.152. The van der Waals surface area contributed by atoms with Crippen LogP contribution in [0.3, 0.4) is 0 Å². The Morgan fingerprint density at radius 1 is 1.13 bits per heavy atom. The SMILES string of the molecule is CCCC(OC(=O)CCC(C)C)C(C)C. The summed E-state index contributed by atoms with van der Waals surface area (Å²) < 4.78 is 5.46. The molecule has 0 bridgehead atoms. The first-order valence-electron chi connectivity index (χ1n) is 6.16. The largest absolute Gasteiger partial charge is 0.462 e. The molecule has 15 heavy (non-hydrogen) atoms. The zero-order valence-corrected chi connectivity index (χ0v) is 10.9. The van der Waals surface area contributed by atoms with Crippen LogP contribution < -0.4 is 0 Å². The molecule has 0 fully saturated rings. The molecule has 2 nitrogen and oxygen atoms in total. The molecule has 1 atom stereocenters. The zero-order valence-electron chi connectivity index (χ0n) is 10.9. The third kappa shape index (κ3) is 7.40. The molecule has 0 spiro atoms. The fourth-order valence-corrected chi connectivity index (χ4v) is 1.45. The van der Waals surface area contributed by atoms with Crippen molar-refractivity contribution < 1.29 is 9.53 Å². The van der Waals surface area contributed by atoms with Crippen molar-refractivity contribution >= 4 is 5.97 Å². The van der Waals surface area contributed by atoms with Crippen molar-refractivity contribution in [1.29, 1.82) is 0 Å². The van der Waals surface area contributed by atoms with Gasteiger partial charge < -0.3 is 4.74 Å². The molecule has 0 aliphatic carbocycles. The Morgan fingerprint density at radius 2 is 1.73 bits per heavy atom. The van der Waals surface area contributed by atoms with Crippen LogP contribution in [0.4, 0.5) is 0 Å². The van der Waals surface area contributed by atoms with E-state index in [1.807, 2.05) is 0 Å². The van der Waals surface area contributed by atoms with Crippen molar-refractivity contribution in [3.05, 3.63) is 0 Å². The molecule has 0 saturated carbocycles. The highest BCUT2D eigenvalue weighted by Gasteiger charge is 2.17. The van der Waals surface area contributed by atoms with Crippen LogP contribution in [0.2, 0.25) is 0 Å². The van der Waals surface area contributed by atoms with Gasteiger partial charge in [-0.2, -0.15) is 0 Å². The molecule has 0 aromatic rings. The average molecular weight is 214 g/mol. The van der Waals surface area contributed by atoms with Crippen LogP contribution in [0.25, 0.3) is 0 Å². The van der Waals surface area contributed by atoms with E-state index in [9.17, 15) is 4.79 Å². The standard InChI is InChI=1S/C13H26O2/c1-6-7-12(11(4)5)15-13(14)9-8-10(2)3/h10-12H,6-9H2,1-5H3. The van der Waals surface area contributed by atoms with E-state index in [1.165, 1.54) is 0 Å². The van der Waals surface area contributed by atoms with Crippen LogP contribution in [0.1, 0.15) is 60.3 Å². The summed E-state index contributed by atoms with van der Waals surface area (Å²) in [4.78, 5) is 11.5. The topological polar surface area (TPSA) is 26.3 Å². The Labute approximate surface area is 94.4 Å². The van der Waals surface area contributed by atoms with Gasteiger partial charge in [0.2, 0.25) is 0 Å². The summed E-state index contributed by atoms with van der Waals surface area (Å²) >= 11 is 0. The van der Waals surface area contributed by atoms with Gasteiger partial charge in [-0.25, -0.2) is 0 Å². The van der Waals surface area contributed by atoms with Crippen molar-refractivity contribution in [3.63, 3.8) is 0 Å². The van der Waals surface area contributed by atoms with Crippen LogP contribution in [0.5, 0.6) is 0 Å². The summed E-state index contributed by atoms with van der Waals surface area (Å²) in [5.74, 6) is 0.963. The van der Waals surface area contributed by atoms with E-state index in [-0.39, 0.29) is 12.1 Å². The van der Waals surface area contributed by atoms with Crippen LogP contribution in [-0.2, 0) is 9.53 Å². The van der Waals surface area contributed by atoms with Crippen molar-refractivity contribution in [2.24, 2.45) is 11.8 Å². The number of carbonyl (C=O) groups excluding carboxylic acids is 1. The van der Waals surface area contributed by atoms with Gasteiger partial charge in [0, 0.05) is 6.42 Å². The minimum absolute atomic E-state index is 0.0316. The Morgan fingerprint density at radius 3 is 2.13 bits per heavy atom. The van der Waals surface area contributed by atoms with Gasteiger partial charge in [0.15, 0.2) is 0 Å². The summed E-state index contributed by atoms with van der Waals surface area (Å²) in [5.41, 5.74) is 0. The number of ether oxygens (including phenoxy) is 1. The molecule has 0 aliphatic rings. The maximum absolute atomic E-state index is 11.5. The Balaban J connectivity index is 3.89. The molecule has 0 aliphatic heterocycles. The molecule has 0 N–H and O–H groups in total. The molecule has 0 amide bonds. The smallest absolute Gasteiger partial charge is 0.306 e. The molecule has 0 rings (SSSR count). The quantitative estimate of drug-likeness (QED) is 0.603. The molecule has 0 aromatic heterocycles. The summed E-state index contributed by atoms with van der Waals surface area (Å²) in [6.45, 7) is 10.6. The zero-order chi connectivity index (χ0) is 11.8. The van der Waals surface area contributed by atoms with Gasteiger partial charge in [0.05, 0.1) is 0 Å². The van der Waals surface area contributed by atoms with E-state index in [0.29, 0.717) is 18.3 Å². The molecule has 0 heterocycles. The molecule has 0 aromatic carbocycles. The van der Waals surface area contributed by atoms with E-state index < -0.39 is 0 Å². The van der Waals surface area contributed by atoms with Gasteiger partial charge in [-0.05, 0) is 24.7 Å². The predicted octanol–water partition coefficient (Wildman–Crippen LogP) is 3.79. The Kier molecular flexibility index (Phi) is 7.45. The minimum atomic E-state index is -0.0316. The van der Waals surface area contributed by atoms with E-state index in [1.54, 1.807) is 0 Å². The lowest BCUT2D eigenvalue weighted by atomic mass is 10.0. The lowest BCUT2D eigenvalue weighted by Gasteiger charge is -2.21. The monoisotopic (exact) mass is 214 g/mol. The molecule has 1 unspecified atom stereocenters. The molecule has 90 valence electrons. The van der Waals surface area contributed by atoms with E-state index >= 15 is 0 Å². The van der Waals surface area contributed by atoms with Crippen molar-refractivity contribution in [2.75, 3.05) is 0 Å². The second kappa shape index (κ2) is 7.72. The third-order valence-electron chi connectivity index (χ3n) is 2.53. The van der Waals surface area contributed by atoms with E-state index in [0.717, 1.165) is 19.3 Å². The number of hydrogen-bond acceptors (Lipinski definition) is 2. The summed E-state index contributed by atoms with van der Waals surface area (Å²) in [5, 5.41) is 0. The summed E-state index contributed by atoms with van der Waals surface area (Å²) in [6.07, 6.45) is 3.64. The summed E-state index contributed by atoms with van der Waals surface area (Å²) in [7, 11) is 0. The van der Waals surface area contributed by atoms with E-state index in [2.05, 4.69) is 34.6 Å². The van der Waals surface area contributed by atoms with Gasteiger partial charge >= 0.3 is 5.97 Å². The van der Waals surface area contributed by atoms with E-state index in [4.69, 9.17) is 4.74 Å². The average Bonchev–Trinajstić information content (AvgIpc) is 2.14. The number of rotatable bonds is 7. The highest BCUT2D eigenvalue weighted by Crippen LogP contribution is 2.15. The fraction of sp³-hybridized carbons (Fsp3) is 0.923. The van der Waals surface area contributed by atoms with Crippen LogP contribution in [-0.4, -0.2) is 12.1 Å². The van der Waals surface area contributed by atoms with Gasteiger partial charge in [0.25, 0.3) is 0 Å². The normalized spacial score (nSPS) is 13.3. The Hall–Kier alpha value is -0.530. The van der Waals surface area contributed by atoms with Crippen molar-refractivity contribution in [1.82, 2.24) is 0 Å². The first-order valence-corrected chi connectivity index (χ1v) is 6.16. The fourth-order valence-electron chi connectivity index (χ4n) is 1.45. The van der Waals surface area contributed by atoms with Crippen molar-refractivity contribution in [2.45, 2.75) is 66.4 Å². The lowest BCUT2D eigenvalue weighted by Crippen LogP contribution is -2.23.